The van der Waals surface area contributed by atoms with E-state index in [-0.39, 0.29) is 0 Å². The molecule has 0 saturated heterocycles. The highest BCUT2D eigenvalue weighted by molar-refractivity contribution is 9.11. The molecule has 0 atom stereocenters. The zero-order chi connectivity index (χ0) is 30.3. The van der Waals surface area contributed by atoms with Crippen LogP contribution < -0.4 is 11.5 Å². The average Bonchev–Trinajstić information content (AvgIpc) is 3.61. The maximum Gasteiger partial charge on any atom is 0.154 e. The number of nitrogens with zero attached hydrogens (tertiary/aromatic N) is 6. The highest BCUT2D eigenvalue weighted by Crippen LogP contribution is 2.32. The summed E-state index contributed by atoms with van der Waals surface area (Å²) in [6.45, 7) is 0. The Balaban J connectivity index is 0.000000146. The van der Waals surface area contributed by atoms with Crippen LogP contribution in [0.25, 0.3) is 44.1 Å². The normalized spacial score (nSPS) is 10.4. The number of hydrogen-bond donors (Lipinski definition) is 4. The Morgan fingerprint density at radius 3 is 1.77 bits per heavy atom. The summed E-state index contributed by atoms with van der Waals surface area (Å²) < 4.78 is 2.29. The topological polar surface area (TPSA) is 172 Å². The maximum absolute atomic E-state index is 8.56. The van der Waals surface area contributed by atoms with Gasteiger partial charge in [-0.25, -0.2) is 0 Å². The lowest BCUT2D eigenvalue weighted by molar-refractivity contribution is 1.12. The number of aromatic amines is 2. The van der Waals surface area contributed by atoms with Gasteiger partial charge >= 0.3 is 0 Å². The van der Waals surface area contributed by atoms with E-state index in [2.05, 4.69) is 113 Å². The van der Waals surface area contributed by atoms with Gasteiger partial charge in [-0.15, -0.1) is 0 Å². The molecule has 0 amide bonds. The number of pyridine rings is 3. The first kappa shape index (κ1) is 29.8. The highest BCUT2D eigenvalue weighted by Gasteiger charge is 2.11. The third-order valence-electron chi connectivity index (χ3n) is 6.20. The molecule has 5 aromatic heterocycles. The molecule has 0 aliphatic carbocycles. The first-order valence-electron chi connectivity index (χ1n) is 12.5. The SMILES string of the molecule is N#Cc1c(Br)cncc1Br.Nc1n[nH]c2cncc(-c3cccc(-c4ccccc4)c3)c12.Nc1n[nH]c2cncc(Br)c12. The molecule has 5 heterocycles. The number of H-pyrrole nitrogens is 2. The highest BCUT2D eigenvalue weighted by atomic mass is 79.9. The van der Waals surface area contributed by atoms with Gasteiger partial charge in [-0.3, -0.25) is 25.1 Å². The van der Waals surface area contributed by atoms with Crippen LogP contribution in [0.3, 0.4) is 0 Å². The summed E-state index contributed by atoms with van der Waals surface area (Å²) in [6.07, 6.45) is 10.1. The number of anilines is 2. The molecule has 0 saturated carbocycles. The van der Waals surface area contributed by atoms with Crippen LogP contribution in [0.5, 0.6) is 0 Å². The summed E-state index contributed by atoms with van der Waals surface area (Å²) in [5.41, 5.74) is 18.3. The zero-order valence-corrected chi connectivity index (χ0v) is 26.9. The zero-order valence-electron chi connectivity index (χ0n) is 22.1. The molecule has 0 bridgehead atoms. The fourth-order valence-corrected chi connectivity index (χ4v) is 5.83. The lowest BCUT2D eigenvalue weighted by Gasteiger charge is -2.07. The number of rotatable bonds is 2. The van der Waals surface area contributed by atoms with E-state index in [9.17, 15) is 0 Å². The number of nitrogens with two attached hydrogens (primary N) is 2. The molecular weight excluding hydrogens is 740 g/mol. The predicted molar refractivity (Wildman–Crippen MR) is 180 cm³/mol. The molecule has 10 nitrogen and oxygen atoms in total. The number of halogens is 3. The second kappa shape index (κ2) is 13.6. The maximum atomic E-state index is 8.56. The molecule has 7 rings (SSSR count). The Bertz CT molecular complexity index is 2050. The van der Waals surface area contributed by atoms with Gasteiger partial charge in [0, 0.05) is 34.8 Å². The summed E-state index contributed by atoms with van der Waals surface area (Å²) in [4.78, 5) is 12.1. The number of nitriles is 1. The summed E-state index contributed by atoms with van der Waals surface area (Å²) in [5.74, 6) is 0.992. The Kier molecular flexibility index (Phi) is 9.41. The summed E-state index contributed by atoms with van der Waals surface area (Å²) in [5, 5.41) is 23.9. The summed E-state index contributed by atoms with van der Waals surface area (Å²) in [6, 6.07) is 20.7. The van der Waals surface area contributed by atoms with Crippen molar-refractivity contribution in [2.24, 2.45) is 0 Å². The molecule has 0 spiro atoms. The lowest BCUT2D eigenvalue weighted by atomic mass is 9.98. The monoisotopic (exact) mass is 758 g/mol. The van der Waals surface area contributed by atoms with Crippen molar-refractivity contribution in [2.75, 3.05) is 11.5 Å². The van der Waals surface area contributed by atoms with Gasteiger partial charge in [-0.2, -0.15) is 15.5 Å². The molecule has 212 valence electrons. The molecular formula is C30H21Br3N10. The molecule has 0 aliphatic heterocycles. The van der Waals surface area contributed by atoms with Gasteiger partial charge in [-0.05, 0) is 70.5 Å². The van der Waals surface area contributed by atoms with Crippen LogP contribution in [0.2, 0.25) is 0 Å². The standard InChI is InChI=1S/C18H14N4.C6H2Br2N2.C6H5BrN4/c19-18-17-15(10-20-11-16(17)21-22-18)14-8-4-7-13(9-14)12-5-2-1-3-6-12;7-5-2-10-3-6(8)4(5)1-9;7-3-1-9-2-4-5(3)6(8)11-10-4/h1-11H,(H3,19,21,22);2-3H;1-2H,(H3,8,10,11). The second-order valence-electron chi connectivity index (χ2n) is 8.91. The number of benzene rings is 2. The van der Waals surface area contributed by atoms with E-state index in [1.54, 1.807) is 31.0 Å². The second-order valence-corrected chi connectivity index (χ2v) is 11.5. The van der Waals surface area contributed by atoms with E-state index >= 15 is 0 Å². The third kappa shape index (κ3) is 6.72. The quantitative estimate of drug-likeness (QED) is 0.139. The number of fused-ring (bicyclic) bond motifs is 2. The van der Waals surface area contributed by atoms with Crippen molar-refractivity contribution >= 4 is 81.2 Å². The van der Waals surface area contributed by atoms with Crippen LogP contribution >= 0.6 is 47.8 Å². The minimum absolute atomic E-state index is 0.495. The first-order chi connectivity index (χ1) is 20.9. The molecule has 2 aromatic carbocycles. The van der Waals surface area contributed by atoms with Crippen molar-refractivity contribution in [2.45, 2.75) is 0 Å². The minimum atomic E-state index is 0.495. The van der Waals surface area contributed by atoms with Gasteiger partial charge in [0.25, 0.3) is 0 Å². The Morgan fingerprint density at radius 1 is 0.605 bits per heavy atom. The molecule has 7 aromatic rings. The van der Waals surface area contributed by atoms with Crippen molar-refractivity contribution < 1.29 is 0 Å². The van der Waals surface area contributed by atoms with Crippen molar-refractivity contribution in [1.29, 1.82) is 5.26 Å². The molecule has 0 unspecified atom stereocenters. The van der Waals surface area contributed by atoms with Crippen LogP contribution in [-0.4, -0.2) is 35.3 Å². The van der Waals surface area contributed by atoms with E-state index in [0.29, 0.717) is 26.1 Å². The largest absolute Gasteiger partial charge is 0.382 e. The van der Waals surface area contributed by atoms with Crippen molar-refractivity contribution in [3.8, 4) is 28.3 Å². The minimum Gasteiger partial charge on any atom is -0.382 e. The van der Waals surface area contributed by atoms with E-state index in [1.807, 2.05) is 36.5 Å². The van der Waals surface area contributed by atoms with Gasteiger partial charge in [0.15, 0.2) is 11.6 Å². The Labute approximate surface area is 271 Å². The molecule has 0 radical (unpaired) electrons. The van der Waals surface area contributed by atoms with E-state index in [0.717, 1.165) is 43.0 Å². The smallest absolute Gasteiger partial charge is 0.154 e. The molecule has 0 fully saturated rings. The van der Waals surface area contributed by atoms with Gasteiger partial charge in [-0.1, -0.05) is 48.5 Å². The van der Waals surface area contributed by atoms with Gasteiger partial charge in [0.05, 0.1) is 48.7 Å². The summed E-state index contributed by atoms with van der Waals surface area (Å²) >= 11 is 9.71. The lowest BCUT2D eigenvalue weighted by Crippen LogP contribution is -1.88. The van der Waals surface area contributed by atoms with Gasteiger partial charge in [0.1, 0.15) is 6.07 Å². The van der Waals surface area contributed by atoms with Crippen LogP contribution in [0.1, 0.15) is 5.56 Å². The fraction of sp³-hybridized carbons (Fsp3) is 0. The van der Waals surface area contributed by atoms with Gasteiger partial charge in [0.2, 0.25) is 0 Å². The van der Waals surface area contributed by atoms with Gasteiger partial charge < -0.3 is 11.5 Å². The number of nitrogen functional groups attached to an aromatic ring is 2. The Hall–Kier alpha value is -4.64. The first-order valence-corrected chi connectivity index (χ1v) is 14.9. The van der Waals surface area contributed by atoms with Crippen LogP contribution in [-0.2, 0) is 0 Å². The van der Waals surface area contributed by atoms with Crippen LogP contribution in [0.15, 0.2) is 105 Å². The van der Waals surface area contributed by atoms with Crippen LogP contribution in [0, 0.1) is 11.3 Å². The number of hydrogen-bond acceptors (Lipinski definition) is 8. The Morgan fingerprint density at radius 2 is 1.14 bits per heavy atom. The van der Waals surface area contributed by atoms with Crippen LogP contribution in [0.4, 0.5) is 11.6 Å². The summed E-state index contributed by atoms with van der Waals surface area (Å²) in [7, 11) is 0. The molecule has 6 N–H and O–H groups in total. The van der Waals surface area contributed by atoms with E-state index in [1.165, 1.54) is 5.56 Å². The van der Waals surface area contributed by atoms with E-state index in [4.69, 9.17) is 16.7 Å². The number of nitrogens with one attached hydrogen (secondary N) is 2. The van der Waals surface area contributed by atoms with E-state index < -0.39 is 0 Å². The fourth-order valence-electron chi connectivity index (χ4n) is 4.19. The molecule has 43 heavy (non-hydrogen) atoms. The molecule has 0 aliphatic rings. The number of aromatic nitrogens is 7. The van der Waals surface area contributed by atoms with Crippen molar-refractivity contribution in [1.82, 2.24) is 35.3 Å². The third-order valence-corrected chi connectivity index (χ3v) is 8.00. The molecule has 13 heteroatoms. The predicted octanol–water partition coefficient (Wildman–Crippen LogP) is 7.65. The average molecular weight is 761 g/mol. The van der Waals surface area contributed by atoms with Crippen molar-refractivity contribution in [3.05, 3.63) is 111 Å². The van der Waals surface area contributed by atoms with Crippen molar-refractivity contribution in [3.63, 3.8) is 0 Å².